The lowest BCUT2D eigenvalue weighted by atomic mass is 9.84. The van der Waals surface area contributed by atoms with E-state index in [9.17, 15) is 19.2 Å². The van der Waals surface area contributed by atoms with Crippen LogP contribution in [0.25, 0.3) is 0 Å². The first kappa shape index (κ1) is 21.0. The third kappa shape index (κ3) is 3.40. The van der Waals surface area contributed by atoms with Crippen LogP contribution in [0.5, 0.6) is 11.5 Å². The minimum absolute atomic E-state index is 0.0316. The summed E-state index contributed by atoms with van der Waals surface area (Å²) < 4.78 is 10.5. The molecule has 33 heavy (non-hydrogen) atoms. The van der Waals surface area contributed by atoms with Crippen molar-refractivity contribution in [3.05, 3.63) is 58.7 Å². The topological polar surface area (TPSA) is 105 Å². The van der Waals surface area contributed by atoms with Crippen molar-refractivity contribution in [2.45, 2.75) is 19.5 Å². The molecular formula is C24H23N3O6. The predicted octanol–water partition coefficient (Wildman–Crippen LogP) is 1.35. The summed E-state index contributed by atoms with van der Waals surface area (Å²) in [4.78, 5) is 54.4. The fraction of sp³-hybridized carbons (Fsp3) is 0.333. The highest BCUT2D eigenvalue weighted by molar-refractivity contribution is 6.07. The molecule has 170 valence electrons. The Kier molecular flexibility index (Phi) is 4.84. The van der Waals surface area contributed by atoms with Crippen molar-refractivity contribution in [3.8, 4) is 11.5 Å². The molecule has 1 saturated heterocycles. The molecule has 9 nitrogen and oxygen atoms in total. The van der Waals surface area contributed by atoms with Crippen LogP contribution < -0.4 is 14.8 Å². The second kappa shape index (κ2) is 7.61. The fourth-order valence-electron chi connectivity index (χ4n) is 4.95. The monoisotopic (exact) mass is 449 g/mol. The van der Waals surface area contributed by atoms with E-state index in [1.165, 1.54) is 0 Å². The number of fused-ring (bicyclic) bond motifs is 2. The number of imide groups is 1. The maximum absolute atomic E-state index is 13.0. The molecule has 5 rings (SSSR count). The van der Waals surface area contributed by atoms with Crippen LogP contribution in [0.15, 0.2) is 36.4 Å². The highest BCUT2D eigenvalue weighted by Crippen LogP contribution is 2.37. The number of hydrogen-bond acceptors (Lipinski definition) is 6. The Labute approximate surface area is 190 Å². The van der Waals surface area contributed by atoms with Gasteiger partial charge in [-0.05, 0) is 47.5 Å². The van der Waals surface area contributed by atoms with Crippen molar-refractivity contribution in [1.82, 2.24) is 15.1 Å². The Balaban J connectivity index is 1.41. The molecule has 0 unspecified atom stereocenters. The molecule has 0 bridgehead atoms. The number of ether oxygens (including phenoxy) is 2. The molecule has 0 aliphatic carbocycles. The van der Waals surface area contributed by atoms with E-state index in [1.807, 2.05) is 0 Å². The number of carbonyl (C=O) groups is 4. The standard InChI is InChI=1S/C24H23N3O6/c1-32-16-3-5-18-14(7-16)10-26(21(18)29)12-24(9-20(28)25-23(24)31)13-27-11-15-8-17(33-2)4-6-19(15)22(27)30/h3-8H,9-13H2,1-2H3,(H,25,28,31). The number of benzene rings is 2. The van der Waals surface area contributed by atoms with Crippen molar-refractivity contribution in [1.29, 1.82) is 0 Å². The van der Waals surface area contributed by atoms with E-state index in [4.69, 9.17) is 9.47 Å². The van der Waals surface area contributed by atoms with Gasteiger partial charge in [0.15, 0.2) is 0 Å². The summed E-state index contributed by atoms with van der Waals surface area (Å²) in [5, 5.41) is 2.37. The first-order valence-electron chi connectivity index (χ1n) is 10.6. The Morgan fingerprint density at radius 2 is 1.30 bits per heavy atom. The summed E-state index contributed by atoms with van der Waals surface area (Å²) in [6.45, 7) is 0.674. The Morgan fingerprint density at radius 3 is 1.70 bits per heavy atom. The number of hydrogen-bond donors (Lipinski definition) is 1. The van der Waals surface area contributed by atoms with Gasteiger partial charge in [0.2, 0.25) is 11.8 Å². The Hall–Kier alpha value is -3.88. The fourth-order valence-corrected chi connectivity index (χ4v) is 4.95. The Bertz CT molecular complexity index is 1130. The first-order chi connectivity index (χ1) is 15.8. The van der Waals surface area contributed by atoms with Gasteiger partial charge in [-0.1, -0.05) is 0 Å². The van der Waals surface area contributed by atoms with Gasteiger partial charge in [-0.3, -0.25) is 24.5 Å². The van der Waals surface area contributed by atoms with Gasteiger partial charge < -0.3 is 19.3 Å². The maximum Gasteiger partial charge on any atom is 0.254 e. The number of methoxy groups -OCH3 is 2. The Morgan fingerprint density at radius 1 is 0.818 bits per heavy atom. The molecule has 0 atom stereocenters. The maximum atomic E-state index is 13.0. The van der Waals surface area contributed by atoms with Crippen LogP contribution in [0, 0.1) is 5.41 Å². The van der Waals surface area contributed by atoms with Crippen molar-refractivity contribution in [2.24, 2.45) is 5.41 Å². The second-order valence-electron chi connectivity index (χ2n) is 8.70. The molecule has 0 radical (unpaired) electrons. The summed E-state index contributed by atoms with van der Waals surface area (Å²) in [6.07, 6.45) is -0.0846. The second-order valence-corrected chi connectivity index (χ2v) is 8.70. The molecule has 0 aromatic heterocycles. The van der Waals surface area contributed by atoms with Crippen LogP contribution in [0.4, 0.5) is 0 Å². The lowest BCUT2D eigenvalue weighted by Gasteiger charge is -2.33. The first-order valence-corrected chi connectivity index (χ1v) is 10.6. The van der Waals surface area contributed by atoms with Crippen LogP contribution in [-0.2, 0) is 22.7 Å². The van der Waals surface area contributed by atoms with Gasteiger partial charge in [0.1, 0.15) is 11.5 Å². The van der Waals surface area contributed by atoms with Crippen LogP contribution in [0.3, 0.4) is 0 Å². The summed E-state index contributed by atoms with van der Waals surface area (Å²) >= 11 is 0. The third-order valence-corrected chi connectivity index (χ3v) is 6.60. The minimum atomic E-state index is -1.22. The molecule has 1 fully saturated rings. The predicted molar refractivity (Wildman–Crippen MR) is 116 cm³/mol. The molecule has 3 aliphatic heterocycles. The summed E-state index contributed by atoms with van der Waals surface area (Å²) in [5.74, 6) is -0.00255. The van der Waals surface area contributed by atoms with Gasteiger partial charge in [-0.25, -0.2) is 0 Å². The van der Waals surface area contributed by atoms with E-state index < -0.39 is 17.2 Å². The summed E-state index contributed by atoms with van der Waals surface area (Å²) in [7, 11) is 3.11. The molecule has 2 aromatic carbocycles. The normalized spacial score (nSPS) is 18.5. The van der Waals surface area contributed by atoms with Gasteiger partial charge in [-0.2, -0.15) is 0 Å². The number of amides is 4. The molecule has 0 spiro atoms. The smallest absolute Gasteiger partial charge is 0.254 e. The van der Waals surface area contributed by atoms with E-state index in [1.54, 1.807) is 60.4 Å². The average Bonchev–Trinajstić information content (AvgIpc) is 3.38. The number of nitrogens with one attached hydrogen (secondary N) is 1. The van der Waals surface area contributed by atoms with Crippen molar-refractivity contribution < 1.29 is 28.7 Å². The van der Waals surface area contributed by atoms with Gasteiger partial charge in [0, 0.05) is 43.7 Å². The summed E-state index contributed by atoms with van der Waals surface area (Å²) in [6, 6.07) is 10.4. The van der Waals surface area contributed by atoms with Crippen molar-refractivity contribution in [2.75, 3.05) is 27.3 Å². The van der Waals surface area contributed by atoms with Crippen LogP contribution >= 0.6 is 0 Å². The van der Waals surface area contributed by atoms with Gasteiger partial charge in [0.25, 0.3) is 11.8 Å². The molecular weight excluding hydrogens is 426 g/mol. The van der Waals surface area contributed by atoms with Gasteiger partial charge in [0.05, 0.1) is 19.6 Å². The largest absolute Gasteiger partial charge is 0.497 e. The highest BCUT2D eigenvalue weighted by Gasteiger charge is 2.51. The van der Waals surface area contributed by atoms with Crippen molar-refractivity contribution >= 4 is 23.6 Å². The summed E-state index contributed by atoms with van der Waals surface area (Å²) in [5.41, 5.74) is 1.48. The third-order valence-electron chi connectivity index (χ3n) is 6.60. The van der Waals surface area contributed by atoms with E-state index in [-0.39, 0.29) is 31.3 Å². The van der Waals surface area contributed by atoms with E-state index in [0.717, 1.165) is 11.1 Å². The van der Waals surface area contributed by atoms with Gasteiger partial charge in [-0.15, -0.1) is 0 Å². The van der Waals surface area contributed by atoms with E-state index >= 15 is 0 Å². The zero-order valence-electron chi connectivity index (χ0n) is 18.3. The minimum Gasteiger partial charge on any atom is -0.497 e. The molecule has 0 saturated carbocycles. The molecule has 3 heterocycles. The van der Waals surface area contributed by atoms with Crippen molar-refractivity contribution in [3.63, 3.8) is 0 Å². The lowest BCUT2D eigenvalue weighted by molar-refractivity contribution is -0.129. The number of nitrogens with zero attached hydrogens (tertiary/aromatic N) is 2. The van der Waals surface area contributed by atoms with Crippen LogP contribution in [-0.4, -0.2) is 60.7 Å². The van der Waals surface area contributed by atoms with Crippen LogP contribution in [0.2, 0.25) is 0 Å². The molecule has 9 heteroatoms. The average molecular weight is 449 g/mol. The zero-order valence-corrected chi connectivity index (χ0v) is 18.3. The number of carbonyl (C=O) groups excluding carboxylic acids is 4. The lowest BCUT2D eigenvalue weighted by Crippen LogP contribution is -2.50. The number of rotatable bonds is 6. The molecule has 2 aromatic rings. The van der Waals surface area contributed by atoms with Gasteiger partial charge >= 0.3 is 0 Å². The molecule has 3 aliphatic rings. The zero-order chi connectivity index (χ0) is 23.3. The highest BCUT2D eigenvalue weighted by atomic mass is 16.5. The molecule has 1 N–H and O–H groups in total. The van der Waals surface area contributed by atoms with Crippen LogP contribution in [0.1, 0.15) is 38.3 Å². The SMILES string of the molecule is COc1ccc2c(c1)CN(CC1(CN3Cc4cc(OC)ccc4C3=O)CC(=O)NC1=O)C2=O. The molecule has 4 amide bonds. The van der Waals surface area contributed by atoms with E-state index in [2.05, 4.69) is 5.32 Å². The quantitative estimate of drug-likeness (QED) is 0.668. The van der Waals surface area contributed by atoms with E-state index in [0.29, 0.717) is 35.7 Å².